The lowest BCUT2D eigenvalue weighted by molar-refractivity contribution is 0.417. The van der Waals surface area contributed by atoms with Crippen molar-refractivity contribution in [2.45, 2.75) is 6.92 Å². The normalized spacial score (nSPS) is 10.8. The van der Waals surface area contributed by atoms with Crippen LogP contribution in [-0.4, -0.2) is 16.5 Å². The molecule has 3 aromatic rings. The van der Waals surface area contributed by atoms with Gasteiger partial charge in [-0.3, -0.25) is 0 Å². The maximum absolute atomic E-state index is 5.31. The first kappa shape index (κ1) is 10.8. The Labute approximate surface area is 106 Å². The van der Waals surface area contributed by atoms with Crippen molar-refractivity contribution >= 4 is 5.65 Å². The highest BCUT2D eigenvalue weighted by atomic mass is 16.5. The van der Waals surface area contributed by atoms with Crippen LogP contribution in [0.2, 0.25) is 0 Å². The molecule has 0 radical (unpaired) electrons. The molecule has 0 amide bonds. The molecule has 0 spiro atoms. The molecule has 3 nitrogen and oxygen atoms in total. The summed E-state index contributed by atoms with van der Waals surface area (Å²) in [6.45, 7) is 2.08. The molecule has 2 heterocycles. The molecule has 0 atom stereocenters. The van der Waals surface area contributed by atoms with Crippen LogP contribution in [0.3, 0.4) is 0 Å². The summed E-state index contributed by atoms with van der Waals surface area (Å²) >= 11 is 0. The number of aromatic nitrogens is 2. The number of imidazole rings is 1. The number of benzene rings is 1. The first-order valence-electron chi connectivity index (χ1n) is 5.86. The highest BCUT2D eigenvalue weighted by Gasteiger charge is 2.07. The Balaban J connectivity index is 2.16. The highest BCUT2D eigenvalue weighted by molar-refractivity contribution is 5.66. The molecule has 0 aliphatic rings. The number of rotatable bonds is 2. The SMILES string of the molecule is COc1cccn2cc(-c3ccc(C)cc3)nc12. The van der Waals surface area contributed by atoms with Crippen molar-refractivity contribution in [3.8, 4) is 17.0 Å². The Morgan fingerprint density at radius 2 is 1.89 bits per heavy atom. The average Bonchev–Trinajstić information content (AvgIpc) is 2.83. The van der Waals surface area contributed by atoms with E-state index in [0.717, 1.165) is 22.7 Å². The van der Waals surface area contributed by atoms with E-state index in [1.165, 1.54) is 5.56 Å². The van der Waals surface area contributed by atoms with Crippen LogP contribution in [0.5, 0.6) is 5.75 Å². The molecule has 0 saturated heterocycles. The van der Waals surface area contributed by atoms with E-state index < -0.39 is 0 Å². The number of hydrogen-bond donors (Lipinski definition) is 0. The lowest BCUT2D eigenvalue weighted by atomic mass is 10.1. The van der Waals surface area contributed by atoms with Crippen LogP contribution < -0.4 is 4.74 Å². The standard InChI is InChI=1S/C15H14N2O/c1-11-5-7-12(8-6-11)13-10-17-9-3-4-14(18-2)15(17)16-13/h3-10H,1-2H3. The number of methoxy groups -OCH3 is 1. The molecule has 0 fully saturated rings. The van der Waals surface area contributed by atoms with Gasteiger partial charge in [-0.05, 0) is 19.1 Å². The number of pyridine rings is 1. The fourth-order valence-electron chi connectivity index (χ4n) is 2.01. The molecular formula is C15H14N2O. The summed E-state index contributed by atoms with van der Waals surface area (Å²) in [5.74, 6) is 0.788. The van der Waals surface area contributed by atoms with E-state index >= 15 is 0 Å². The van der Waals surface area contributed by atoms with E-state index in [9.17, 15) is 0 Å². The van der Waals surface area contributed by atoms with Gasteiger partial charge < -0.3 is 9.14 Å². The third-order valence-corrected chi connectivity index (χ3v) is 3.01. The van der Waals surface area contributed by atoms with Gasteiger partial charge in [-0.1, -0.05) is 29.8 Å². The molecule has 0 bridgehead atoms. The quantitative estimate of drug-likeness (QED) is 0.684. The third kappa shape index (κ3) is 1.74. The third-order valence-electron chi connectivity index (χ3n) is 3.01. The topological polar surface area (TPSA) is 26.5 Å². The minimum atomic E-state index is 0.788. The van der Waals surface area contributed by atoms with E-state index in [4.69, 9.17) is 4.74 Å². The minimum absolute atomic E-state index is 0.788. The summed E-state index contributed by atoms with van der Waals surface area (Å²) in [5, 5.41) is 0. The van der Waals surface area contributed by atoms with Gasteiger partial charge in [0.1, 0.15) is 0 Å². The largest absolute Gasteiger partial charge is 0.493 e. The van der Waals surface area contributed by atoms with Crippen molar-refractivity contribution in [1.29, 1.82) is 0 Å². The summed E-state index contributed by atoms with van der Waals surface area (Å²) < 4.78 is 7.29. The lowest BCUT2D eigenvalue weighted by Gasteiger charge is -1.99. The molecule has 3 heteroatoms. The monoisotopic (exact) mass is 238 g/mol. The van der Waals surface area contributed by atoms with Crippen molar-refractivity contribution in [2.24, 2.45) is 0 Å². The molecule has 1 aromatic carbocycles. The van der Waals surface area contributed by atoms with Gasteiger partial charge in [-0.2, -0.15) is 0 Å². The molecular weight excluding hydrogens is 224 g/mol. The molecule has 90 valence electrons. The number of nitrogens with zero attached hydrogens (tertiary/aromatic N) is 2. The summed E-state index contributed by atoms with van der Waals surface area (Å²) in [7, 11) is 1.66. The maximum Gasteiger partial charge on any atom is 0.180 e. The lowest BCUT2D eigenvalue weighted by Crippen LogP contribution is -1.88. The molecule has 0 aliphatic heterocycles. The van der Waals surface area contributed by atoms with Crippen molar-refractivity contribution in [1.82, 2.24) is 9.38 Å². The van der Waals surface area contributed by atoms with E-state index in [0.29, 0.717) is 0 Å². The van der Waals surface area contributed by atoms with Gasteiger partial charge in [-0.15, -0.1) is 0 Å². The van der Waals surface area contributed by atoms with Gasteiger partial charge in [0.2, 0.25) is 0 Å². The van der Waals surface area contributed by atoms with E-state index in [1.54, 1.807) is 7.11 Å². The molecule has 0 saturated carbocycles. The second kappa shape index (κ2) is 4.18. The zero-order valence-electron chi connectivity index (χ0n) is 10.4. The van der Waals surface area contributed by atoms with Gasteiger partial charge in [0.15, 0.2) is 11.4 Å². The van der Waals surface area contributed by atoms with Crippen molar-refractivity contribution in [2.75, 3.05) is 7.11 Å². The number of ether oxygens (including phenoxy) is 1. The predicted octanol–water partition coefficient (Wildman–Crippen LogP) is 3.32. The molecule has 0 N–H and O–H groups in total. The highest BCUT2D eigenvalue weighted by Crippen LogP contribution is 2.24. The molecule has 3 rings (SSSR count). The Hall–Kier alpha value is -2.29. The van der Waals surface area contributed by atoms with Gasteiger partial charge in [-0.25, -0.2) is 4.98 Å². The van der Waals surface area contributed by atoms with Crippen molar-refractivity contribution in [3.63, 3.8) is 0 Å². The fraction of sp³-hybridized carbons (Fsp3) is 0.133. The fourth-order valence-corrected chi connectivity index (χ4v) is 2.01. The number of fused-ring (bicyclic) bond motifs is 1. The van der Waals surface area contributed by atoms with E-state index in [-0.39, 0.29) is 0 Å². The average molecular weight is 238 g/mol. The summed E-state index contributed by atoms with van der Waals surface area (Å²) in [4.78, 5) is 4.62. The summed E-state index contributed by atoms with van der Waals surface area (Å²) in [5.41, 5.74) is 4.17. The number of hydrogen-bond acceptors (Lipinski definition) is 2. The predicted molar refractivity (Wildman–Crippen MR) is 71.9 cm³/mol. The summed E-state index contributed by atoms with van der Waals surface area (Å²) in [6.07, 6.45) is 3.99. The van der Waals surface area contributed by atoms with Gasteiger partial charge >= 0.3 is 0 Å². The Kier molecular flexibility index (Phi) is 2.52. The molecule has 2 aromatic heterocycles. The first-order valence-corrected chi connectivity index (χ1v) is 5.86. The van der Waals surface area contributed by atoms with Crippen molar-refractivity contribution < 1.29 is 4.74 Å². The molecule has 0 unspecified atom stereocenters. The minimum Gasteiger partial charge on any atom is -0.493 e. The van der Waals surface area contributed by atoms with E-state index in [1.807, 2.05) is 28.9 Å². The van der Waals surface area contributed by atoms with Gasteiger partial charge in [0, 0.05) is 18.0 Å². The summed E-state index contributed by atoms with van der Waals surface area (Å²) in [6, 6.07) is 12.2. The molecule has 18 heavy (non-hydrogen) atoms. The smallest absolute Gasteiger partial charge is 0.180 e. The second-order valence-corrected chi connectivity index (χ2v) is 4.30. The van der Waals surface area contributed by atoms with Crippen LogP contribution in [0, 0.1) is 6.92 Å². The van der Waals surface area contributed by atoms with Crippen LogP contribution in [0.25, 0.3) is 16.9 Å². The van der Waals surface area contributed by atoms with Crippen LogP contribution in [0.1, 0.15) is 5.56 Å². The van der Waals surface area contributed by atoms with E-state index in [2.05, 4.69) is 36.2 Å². The van der Waals surface area contributed by atoms with Crippen molar-refractivity contribution in [3.05, 3.63) is 54.4 Å². The zero-order valence-corrected chi connectivity index (χ0v) is 10.4. The van der Waals surface area contributed by atoms with Crippen LogP contribution >= 0.6 is 0 Å². The second-order valence-electron chi connectivity index (χ2n) is 4.30. The maximum atomic E-state index is 5.31. The zero-order chi connectivity index (χ0) is 12.5. The Morgan fingerprint density at radius 3 is 2.61 bits per heavy atom. The van der Waals surface area contributed by atoms with Gasteiger partial charge in [0.05, 0.1) is 12.8 Å². The van der Waals surface area contributed by atoms with Crippen LogP contribution in [-0.2, 0) is 0 Å². The number of aryl methyl sites for hydroxylation is 1. The Morgan fingerprint density at radius 1 is 1.11 bits per heavy atom. The van der Waals surface area contributed by atoms with Crippen LogP contribution in [0.4, 0.5) is 0 Å². The Bertz CT molecular complexity index is 683. The first-order chi connectivity index (χ1) is 8.78. The molecule has 0 aliphatic carbocycles. The van der Waals surface area contributed by atoms with Gasteiger partial charge in [0.25, 0.3) is 0 Å². The van der Waals surface area contributed by atoms with Crippen LogP contribution in [0.15, 0.2) is 48.8 Å².